The van der Waals surface area contributed by atoms with E-state index in [1.54, 1.807) is 0 Å². The zero-order chi connectivity index (χ0) is 10.1. The largest absolute Gasteiger partial charge is 0.257 e. The second kappa shape index (κ2) is 3.59. The summed E-state index contributed by atoms with van der Waals surface area (Å²) in [5, 5.41) is 0. The van der Waals surface area contributed by atoms with Gasteiger partial charge in [0.25, 0.3) is 0 Å². The maximum Gasteiger partial charge on any atom is 0.233 e. The normalized spacial score (nSPS) is 11.3. The quantitative estimate of drug-likeness (QED) is 0.737. The van der Waals surface area contributed by atoms with E-state index in [2.05, 4.69) is 25.9 Å². The molecule has 1 rings (SSSR count). The van der Waals surface area contributed by atoms with Gasteiger partial charge in [-0.2, -0.15) is 0 Å². The van der Waals surface area contributed by atoms with Crippen molar-refractivity contribution in [2.75, 3.05) is 17.6 Å². The smallest absolute Gasteiger partial charge is 0.233 e. The highest BCUT2D eigenvalue weighted by atomic mass is 79.9. The summed E-state index contributed by atoms with van der Waals surface area (Å²) in [6, 6.07) is 1.52. The highest BCUT2D eigenvalue weighted by Crippen LogP contribution is 2.13. The predicted octanol–water partition coefficient (Wildman–Crippen LogP) is 0.635. The lowest BCUT2D eigenvalue weighted by Crippen LogP contribution is -2.25. The number of sulfonamides is 1. The monoisotopic (exact) mass is 265 g/mol. The third kappa shape index (κ3) is 2.63. The second-order valence-electron chi connectivity index (χ2n) is 2.41. The Bertz CT molecular complexity index is 406. The molecule has 0 aliphatic heterocycles. The lowest BCUT2D eigenvalue weighted by molar-refractivity contribution is 0.599. The second-order valence-corrected chi connectivity index (χ2v) is 5.14. The first kappa shape index (κ1) is 10.4. The molecular weight excluding hydrogens is 258 g/mol. The van der Waals surface area contributed by atoms with Crippen LogP contribution in [0.3, 0.4) is 0 Å². The molecule has 7 heteroatoms. The first-order valence-corrected chi connectivity index (χ1v) is 5.98. The molecular formula is C6H8BrN3O2S. The Morgan fingerprint density at radius 1 is 1.54 bits per heavy atom. The summed E-state index contributed by atoms with van der Waals surface area (Å²) in [5.41, 5.74) is 0. The maximum absolute atomic E-state index is 11.1. The van der Waals surface area contributed by atoms with E-state index in [9.17, 15) is 8.42 Å². The summed E-state index contributed by atoms with van der Waals surface area (Å²) < 4.78 is 23.6. The zero-order valence-corrected chi connectivity index (χ0v) is 9.50. The summed E-state index contributed by atoms with van der Waals surface area (Å²) in [5.74, 6) is 0.337. The van der Waals surface area contributed by atoms with Crippen LogP contribution < -0.4 is 4.31 Å². The Balaban J connectivity index is 3.10. The van der Waals surface area contributed by atoms with E-state index in [0.717, 1.165) is 10.6 Å². The molecule has 0 fully saturated rings. The minimum Gasteiger partial charge on any atom is -0.257 e. The molecule has 13 heavy (non-hydrogen) atoms. The molecule has 1 aromatic rings. The van der Waals surface area contributed by atoms with Gasteiger partial charge in [0.2, 0.25) is 10.0 Å². The molecule has 0 aliphatic rings. The molecule has 5 nitrogen and oxygen atoms in total. The Labute approximate surface area is 85.0 Å². The van der Waals surface area contributed by atoms with Crippen LogP contribution in [0.1, 0.15) is 0 Å². The number of hydrogen-bond acceptors (Lipinski definition) is 4. The van der Waals surface area contributed by atoms with Gasteiger partial charge in [0.15, 0.2) is 4.73 Å². The molecule has 0 amide bonds. The fraction of sp³-hybridized carbons (Fsp3) is 0.333. The third-order valence-corrected chi connectivity index (χ3v) is 3.00. The van der Waals surface area contributed by atoms with Crippen LogP contribution in [0.5, 0.6) is 0 Å². The summed E-state index contributed by atoms with van der Waals surface area (Å²) in [4.78, 5) is 7.68. The summed E-state index contributed by atoms with van der Waals surface area (Å²) in [6.07, 6.45) is 2.59. The molecule has 72 valence electrons. The standard InChI is InChI=1S/C6H8BrN3O2S/c1-10(13(2,11)12)5-3-4-8-6(7)9-5/h3-4H,1-2H3. The highest BCUT2D eigenvalue weighted by Gasteiger charge is 2.12. The van der Waals surface area contributed by atoms with Crippen LogP contribution in [0.4, 0.5) is 5.82 Å². The first-order chi connectivity index (χ1) is 5.91. The van der Waals surface area contributed by atoms with Gasteiger partial charge in [0, 0.05) is 19.3 Å². The Morgan fingerprint density at radius 3 is 2.62 bits per heavy atom. The lowest BCUT2D eigenvalue weighted by Gasteiger charge is -2.14. The van der Waals surface area contributed by atoms with Crippen molar-refractivity contribution >= 4 is 31.8 Å². The predicted molar refractivity (Wildman–Crippen MR) is 53.0 cm³/mol. The van der Waals surface area contributed by atoms with E-state index in [0.29, 0.717) is 10.6 Å². The Hall–Kier alpha value is -0.690. The number of rotatable bonds is 2. The van der Waals surface area contributed by atoms with Crippen LogP contribution in [-0.2, 0) is 10.0 Å². The molecule has 0 saturated heterocycles. The minimum atomic E-state index is -3.25. The van der Waals surface area contributed by atoms with Crippen molar-refractivity contribution in [3.05, 3.63) is 17.0 Å². The topological polar surface area (TPSA) is 63.2 Å². The van der Waals surface area contributed by atoms with Crippen molar-refractivity contribution in [1.82, 2.24) is 9.97 Å². The van der Waals surface area contributed by atoms with Crippen LogP contribution >= 0.6 is 15.9 Å². The molecule has 0 N–H and O–H groups in total. The SMILES string of the molecule is CN(c1ccnc(Br)n1)S(C)(=O)=O. The van der Waals surface area contributed by atoms with E-state index >= 15 is 0 Å². The zero-order valence-electron chi connectivity index (χ0n) is 7.10. The highest BCUT2D eigenvalue weighted by molar-refractivity contribution is 9.10. The number of anilines is 1. The van der Waals surface area contributed by atoms with Gasteiger partial charge in [-0.15, -0.1) is 0 Å². The lowest BCUT2D eigenvalue weighted by atomic mass is 10.6. The fourth-order valence-electron chi connectivity index (χ4n) is 0.671. The average Bonchev–Trinajstić information content (AvgIpc) is 2.01. The molecule has 0 spiro atoms. The van der Waals surface area contributed by atoms with Crippen molar-refractivity contribution in [2.45, 2.75) is 0 Å². The molecule has 0 aliphatic carbocycles. The molecule has 0 radical (unpaired) electrons. The first-order valence-electron chi connectivity index (χ1n) is 3.33. The van der Waals surface area contributed by atoms with Crippen molar-refractivity contribution in [2.24, 2.45) is 0 Å². The van der Waals surface area contributed by atoms with Crippen LogP contribution in [0.25, 0.3) is 0 Å². The molecule has 0 unspecified atom stereocenters. The Kier molecular flexibility index (Phi) is 2.87. The van der Waals surface area contributed by atoms with Crippen LogP contribution in [0.15, 0.2) is 17.0 Å². The summed E-state index contributed by atoms with van der Waals surface area (Å²) >= 11 is 3.05. The fourth-order valence-corrected chi connectivity index (χ4v) is 1.41. The third-order valence-electron chi connectivity index (χ3n) is 1.43. The van der Waals surface area contributed by atoms with E-state index in [4.69, 9.17) is 0 Å². The van der Waals surface area contributed by atoms with Crippen LogP contribution in [-0.4, -0.2) is 31.7 Å². The van der Waals surface area contributed by atoms with Crippen molar-refractivity contribution in [3.63, 3.8) is 0 Å². The molecule has 0 atom stereocenters. The molecule has 1 aromatic heterocycles. The van der Waals surface area contributed by atoms with Crippen molar-refractivity contribution < 1.29 is 8.42 Å². The van der Waals surface area contributed by atoms with Crippen molar-refractivity contribution in [3.8, 4) is 0 Å². The van der Waals surface area contributed by atoms with Crippen LogP contribution in [0, 0.1) is 0 Å². The number of nitrogens with zero attached hydrogens (tertiary/aromatic N) is 3. The Morgan fingerprint density at radius 2 is 2.15 bits per heavy atom. The van der Waals surface area contributed by atoms with Gasteiger partial charge >= 0.3 is 0 Å². The summed E-state index contributed by atoms with van der Waals surface area (Å²) in [7, 11) is -1.82. The van der Waals surface area contributed by atoms with Gasteiger partial charge in [-0.3, -0.25) is 4.31 Å². The van der Waals surface area contributed by atoms with Gasteiger partial charge in [0.05, 0.1) is 6.26 Å². The van der Waals surface area contributed by atoms with E-state index in [1.807, 2.05) is 0 Å². The van der Waals surface area contributed by atoms with Gasteiger partial charge in [-0.05, 0) is 15.9 Å². The number of halogens is 1. The van der Waals surface area contributed by atoms with E-state index in [-0.39, 0.29) is 0 Å². The molecule has 1 heterocycles. The van der Waals surface area contributed by atoms with Gasteiger partial charge in [-0.25, -0.2) is 18.4 Å². The maximum atomic E-state index is 11.1. The van der Waals surface area contributed by atoms with Gasteiger partial charge in [0.1, 0.15) is 5.82 Å². The summed E-state index contributed by atoms with van der Waals surface area (Å²) in [6.45, 7) is 0. The molecule has 0 bridgehead atoms. The van der Waals surface area contributed by atoms with Crippen LogP contribution in [0.2, 0.25) is 0 Å². The average molecular weight is 266 g/mol. The molecule has 0 saturated carbocycles. The minimum absolute atomic E-state index is 0.337. The van der Waals surface area contributed by atoms with E-state index < -0.39 is 10.0 Å². The molecule has 0 aromatic carbocycles. The van der Waals surface area contributed by atoms with Gasteiger partial charge < -0.3 is 0 Å². The number of aromatic nitrogens is 2. The van der Waals surface area contributed by atoms with E-state index in [1.165, 1.54) is 19.3 Å². The number of hydrogen-bond donors (Lipinski definition) is 0. The van der Waals surface area contributed by atoms with Gasteiger partial charge in [-0.1, -0.05) is 0 Å². The van der Waals surface area contributed by atoms with Crippen molar-refractivity contribution in [1.29, 1.82) is 0 Å².